The second kappa shape index (κ2) is 9.86. The average molecular weight is 244 g/mol. The highest BCUT2D eigenvalue weighted by Crippen LogP contribution is 2.10. The van der Waals surface area contributed by atoms with E-state index in [1.54, 1.807) is 7.11 Å². The van der Waals surface area contributed by atoms with Gasteiger partial charge in [0, 0.05) is 26.2 Å². The minimum absolute atomic E-state index is 0.605. The zero-order valence-electron chi connectivity index (χ0n) is 12.6. The summed E-state index contributed by atoms with van der Waals surface area (Å²) in [4.78, 5) is 2.52. The van der Waals surface area contributed by atoms with Crippen LogP contribution in [0.2, 0.25) is 0 Å². The molecule has 0 spiro atoms. The highest BCUT2D eigenvalue weighted by atomic mass is 16.5. The molecule has 0 aromatic carbocycles. The van der Waals surface area contributed by atoms with Crippen molar-refractivity contribution in [1.29, 1.82) is 0 Å². The third-order valence-electron chi connectivity index (χ3n) is 3.13. The van der Waals surface area contributed by atoms with Crippen LogP contribution in [0.3, 0.4) is 0 Å². The number of nitrogens with zero attached hydrogens (tertiary/aromatic N) is 1. The molecule has 1 N–H and O–H groups in total. The molecule has 0 saturated heterocycles. The van der Waals surface area contributed by atoms with E-state index in [0.717, 1.165) is 38.7 Å². The summed E-state index contributed by atoms with van der Waals surface area (Å²) in [6.45, 7) is 16.5. The number of rotatable bonds is 10. The van der Waals surface area contributed by atoms with Crippen LogP contribution >= 0.6 is 0 Å². The van der Waals surface area contributed by atoms with Crippen molar-refractivity contribution in [2.24, 2.45) is 11.8 Å². The molecule has 0 aromatic rings. The summed E-state index contributed by atoms with van der Waals surface area (Å²) in [6.07, 6.45) is 0. The lowest BCUT2D eigenvalue weighted by Gasteiger charge is -2.34. The number of ether oxygens (including phenoxy) is 1. The topological polar surface area (TPSA) is 24.5 Å². The van der Waals surface area contributed by atoms with Gasteiger partial charge in [-0.2, -0.15) is 0 Å². The van der Waals surface area contributed by atoms with Gasteiger partial charge in [0.05, 0.1) is 6.61 Å². The first kappa shape index (κ1) is 16.9. The quantitative estimate of drug-likeness (QED) is 0.638. The maximum atomic E-state index is 5.18. The van der Waals surface area contributed by atoms with Crippen molar-refractivity contribution in [3.63, 3.8) is 0 Å². The number of hydrogen-bond acceptors (Lipinski definition) is 3. The predicted molar refractivity (Wildman–Crippen MR) is 75.5 cm³/mol. The Labute approximate surface area is 108 Å². The summed E-state index contributed by atoms with van der Waals surface area (Å²) in [5, 5.41) is 3.57. The summed E-state index contributed by atoms with van der Waals surface area (Å²) in [5.74, 6) is 1.39. The molecule has 0 radical (unpaired) electrons. The van der Waals surface area contributed by atoms with Crippen molar-refractivity contribution in [3.05, 3.63) is 0 Å². The summed E-state index contributed by atoms with van der Waals surface area (Å²) in [5.41, 5.74) is 0. The van der Waals surface area contributed by atoms with E-state index in [4.69, 9.17) is 4.74 Å². The second-order valence-electron chi connectivity index (χ2n) is 5.48. The molecule has 0 aromatic heterocycles. The van der Waals surface area contributed by atoms with Gasteiger partial charge in [0.2, 0.25) is 0 Å². The molecule has 0 saturated carbocycles. The molecule has 1 unspecified atom stereocenters. The Balaban J connectivity index is 4.16. The van der Waals surface area contributed by atoms with Gasteiger partial charge in [-0.1, -0.05) is 34.6 Å². The lowest BCUT2D eigenvalue weighted by molar-refractivity contribution is 0.103. The van der Waals surface area contributed by atoms with Crippen molar-refractivity contribution in [3.8, 4) is 0 Å². The van der Waals surface area contributed by atoms with Crippen LogP contribution in [-0.4, -0.2) is 50.8 Å². The zero-order chi connectivity index (χ0) is 13.3. The van der Waals surface area contributed by atoms with Crippen LogP contribution < -0.4 is 5.32 Å². The maximum Gasteiger partial charge on any atom is 0.0589 e. The summed E-state index contributed by atoms with van der Waals surface area (Å²) in [7, 11) is 1.77. The van der Waals surface area contributed by atoms with E-state index in [2.05, 4.69) is 44.8 Å². The number of methoxy groups -OCH3 is 1. The number of nitrogens with one attached hydrogen (secondary N) is 1. The van der Waals surface area contributed by atoms with E-state index < -0.39 is 0 Å². The molecule has 0 heterocycles. The summed E-state index contributed by atoms with van der Waals surface area (Å²) < 4.78 is 5.18. The zero-order valence-corrected chi connectivity index (χ0v) is 12.6. The normalized spacial score (nSPS) is 13.9. The number of hydrogen-bond donors (Lipinski definition) is 1. The molecule has 0 bridgehead atoms. The van der Waals surface area contributed by atoms with Gasteiger partial charge in [0.15, 0.2) is 0 Å². The van der Waals surface area contributed by atoms with E-state index in [1.165, 1.54) is 0 Å². The van der Waals surface area contributed by atoms with Crippen LogP contribution in [0.4, 0.5) is 0 Å². The van der Waals surface area contributed by atoms with Gasteiger partial charge in [-0.25, -0.2) is 0 Å². The van der Waals surface area contributed by atoms with Crippen LogP contribution in [0.5, 0.6) is 0 Å². The molecule has 0 aliphatic rings. The Morgan fingerprint density at radius 2 is 1.76 bits per heavy atom. The fourth-order valence-corrected chi connectivity index (χ4v) is 2.07. The van der Waals surface area contributed by atoms with Crippen molar-refractivity contribution in [2.75, 3.05) is 39.9 Å². The molecule has 3 nitrogen and oxygen atoms in total. The molecule has 0 rings (SSSR count). The largest absolute Gasteiger partial charge is 0.383 e. The molecule has 1 atom stereocenters. The van der Waals surface area contributed by atoms with Crippen molar-refractivity contribution >= 4 is 0 Å². The van der Waals surface area contributed by atoms with E-state index >= 15 is 0 Å². The SMILES string of the molecule is CCN(CCOC)C(CNCC(C)C)C(C)C. The van der Waals surface area contributed by atoms with E-state index in [1.807, 2.05) is 0 Å². The van der Waals surface area contributed by atoms with Gasteiger partial charge in [0.25, 0.3) is 0 Å². The lowest BCUT2D eigenvalue weighted by Crippen LogP contribution is -2.47. The van der Waals surface area contributed by atoms with Crippen molar-refractivity contribution < 1.29 is 4.74 Å². The van der Waals surface area contributed by atoms with Crippen LogP contribution in [0, 0.1) is 11.8 Å². The third-order valence-corrected chi connectivity index (χ3v) is 3.13. The van der Waals surface area contributed by atoms with Crippen LogP contribution in [0.1, 0.15) is 34.6 Å². The Morgan fingerprint density at radius 3 is 2.18 bits per heavy atom. The predicted octanol–water partition coefficient (Wildman–Crippen LogP) is 2.22. The van der Waals surface area contributed by atoms with E-state index in [0.29, 0.717) is 12.0 Å². The molecular formula is C14H32N2O. The lowest BCUT2D eigenvalue weighted by atomic mass is 10.0. The summed E-state index contributed by atoms with van der Waals surface area (Å²) >= 11 is 0. The smallest absolute Gasteiger partial charge is 0.0589 e. The first-order valence-electron chi connectivity index (χ1n) is 6.96. The molecule has 0 fully saturated rings. The highest BCUT2D eigenvalue weighted by Gasteiger charge is 2.19. The van der Waals surface area contributed by atoms with E-state index in [-0.39, 0.29) is 0 Å². The maximum absolute atomic E-state index is 5.18. The Hall–Kier alpha value is -0.120. The Bertz CT molecular complexity index is 172. The molecule has 17 heavy (non-hydrogen) atoms. The standard InChI is InChI=1S/C14H32N2O/c1-7-16(8-9-17-6)14(13(4)5)11-15-10-12(2)3/h12-15H,7-11H2,1-6H3. The molecule has 104 valence electrons. The minimum atomic E-state index is 0.605. The van der Waals surface area contributed by atoms with Crippen molar-refractivity contribution in [1.82, 2.24) is 10.2 Å². The van der Waals surface area contributed by atoms with Gasteiger partial charge in [-0.3, -0.25) is 4.90 Å². The fraction of sp³-hybridized carbons (Fsp3) is 1.00. The Morgan fingerprint density at radius 1 is 1.12 bits per heavy atom. The minimum Gasteiger partial charge on any atom is -0.383 e. The second-order valence-corrected chi connectivity index (χ2v) is 5.48. The third kappa shape index (κ3) is 7.74. The number of likely N-dealkylation sites (N-methyl/N-ethyl adjacent to an activating group) is 1. The Kier molecular flexibility index (Phi) is 9.79. The van der Waals surface area contributed by atoms with Gasteiger partial charge in [0.1, 0.15) is 0 Å². The highest BCUT2D eigenvalue weighted by molar-refractivity contribution is 4.76. The fourth-order valence-electron chi connectivity index (χ4n) is 2.07. The molecule has 0 aliphatic heterocycles. The molecule has 0 amide bonds. The van der Waals surface area contributed by atoms with Gasteiger partial charge in [-0.05, 0) is 24.9 Å². The molecule has 0 aliphatic carbocycles. The van der Waals surface area contributed by atoms with E-state index in [9.17, 15) is 0 Å². The van der Waals surface area contributed by atoms with Crippen LogP contribution in [-0.2, 0) is 4.74 Å². The van der Waals surface area contributed by atoms with Crippen molar-refractivity contribution in [2.45, 2.75) is 40.7 Å². The molecular weight excluding hydrogens is 212 g/mol. The molecule has 3 heteroatoms. The first-order chi connectivity index (χ1) is 8.02. The van der Waals surface area contributed by atoms with Gasteiger partial charge < -0.3 is 10.1 Å². The average Bonchev–Trinajstić information content (AvgIpc) is 2.26. The summed E-state index contributed by atoms with van der Waals surface area (Å²) in [6, 6.07) is 0.605. The van der Waals surface area contributed by atoms with Crippen LogP contribution in [0.25, 0.3) is 0 Å². The van der Waals surface area contributed by atoms with Crippen LogP contribution in [0.15, 0.2) is 0 Å². The van der Waals surface area contributed by atoms with Gasteiger partial charge >= 0.3 is 0 Å². The monoisotopic (exact) mass is 244 g/mol. The van der Waals surface area contributed by atoms with Gasteiger partial charge in [-0.15, -0.1) is 0 Å². The first-order valence-corrected chi connectivity index (χ1v) is 6.96.